The first kappa shape index (κ1) is 6.95. The molecule has 0 atom stereocenters. The second-order valence-electron chi connectivity index (χ2n) is 2.09. The summed E-state index contributed by atoms with van der Waals surface area (Å²) in [4.78, 5) is 0. The van der Waals surface area contributed by atoms with Crippen molar-refractivity contribution in [1.29, 1.82) is 0 Å². The van der Waals surface area contributed by atoms with E-state index < -0.39 is 5.72 Å². The van der Waals surface area contributed by atoms with E-state index in [0.717, 1.165) is 0 Å². The van der Waals surface area contributed by atoms with Gasteiger partial charge in [-0.25, -0.2) is 0 Å². The Morgan fingerprint density at radius 2 is 2.11 bits per heavy atom. The summed E-state index contributed by atoms with van der Waals surface area (Å²) in [5.74, 6) is 0. The van der Waals surface area contributed by atoms with Crippen LogP contribution in [0.3, 0.4) is 0 Å². The van der Waals surface area contributed by atoms with Gasteiger partial charge in [0.2, 0.25) is 0 Å². The predicted molar refractivity (Wildman–Crippen MR) is 30.9 cm³/mol. The van der Waals surface area contributed by atoms with Crippen LogP contribution in [0.1, 0.15) is 0 Å². The Morgan fingerprint density at radius 3 is 2.33 bits per heavy atom. The smallest absolute Gasteiger partial charge is 0.165 e. The fraction of sp³-hybridized carbons (Fsp3) is 1.00. The lowest BCUT2D eigenvalue weighted by atomic mass is 10.3. The van der Waals surface area contributed by atoms with Crippen LogP contribution in [0.25, 0.3) is 0 Å². The molecule has 0 aromatic carbocycles. The largest absolute Gasteiger partial charge is 0.392 e. The second-order valence-corrected chi connectivity index (χ2v) is 2.09. The molecule has 1 saturated heterocycles. The maximum absolute atomic E-state index is 8.67. The summed E-state index contributed by atoms with van der Waals surface area (Å²) in [5, 5.41) is 20.2. The van der Waals surface area contributed by atoms with Gasteiger partial charge in [-0.1, -0.05) is 0 Å². The fourth-order valence-electron chi connectivity index (χ4n) is 0.829. The Labute approximate surface area is 53.4 Å². The van der Waals surface area contributed by atoms with E-state index >= 15 is 0 Å². The minimum absolute atomic E-state index is 0.177. The van der Waals surface area contributed by atoms with Crippen LogP contribution in [-0.2, 0) is 4.74 Å². The molecule has 0 aliphatic carbocycles. The summed E-state index contributed by atoms with van der Waals surface area (Å²) in [6.07, 6.45) is 0. The molecule has 9 heavy (non-hydrogen) atoms. The van der Waals surface area contributed by atoms with E-state index in [1.54, 1.807) is 0 Å². The summed E-state index contributed by atoms with van der Waals surface area (Å²) in [7, 11) is 0. The van der Waals surface area contributed by atoms with Crippen molar-refractivity contribution < 1.29 is 14.9 Å². The first-order valence-electron chi connectivity index (χ1n) is 2.94. The van der Waals surface area contributed by atoms with Crippen molar-refractivity contribution in [2.75, 3.05) is 26.4 Å². The third kappa shape index (κ3) is 1.21. The van der Waals surface area contributed by atoms with Crippen LogP contribution < -0.4 is 5.32 Å². The Morgan fingerprint density at radius 1 is 1.44 bits per heavy atom. The second kappa shape index (κ2) is 2.62. The maximum atomic E-state index is 8.67. The van der Waals surface area contributed by atoms with Crippen LogP contribution in [0.4, 0.5) is 0 Å². The van der Waals surface area contributed by atoms with Crippen LogP contribution >= 0.6 is 0 Å². The molecule has 1 aliphatic rings. The van der Waals surface area contributed by atoms with E-state index in [-0.39, 0.29) is 13.2 Å². The van der Waals surface area contributed by atoms with Crippen molar-refractivity contribution >= 4 is 0 Å². The van der Waals surface area contributed by atoms with Crippen LogP contribution in [0.2, 0.25) is 0 Å². The van der Waals surface area contributed by atoms with E-state index in [2.05, 4.69) is 5.32 Å². The van der Waals surface area contributed by atoms with Crippen molar-refractivity contribution in [3.63, 3.8) is 0 Å². The summed E-state index contributed by atoms with van der Waals surface area (Å²) >= 11 is 0. The average molecular weight is 133 g/mol. The number of nitrogens with one attached hydrogen (secondary N) is 1. The maximum Gasteiger partial charge on any atom is 0.165 e. The van der Waals surface area contributed by atoms with Crippen LogP contribution in [-0.4, -0.2) is 42.3 Å². The quantitative estimate of drug-likeness (QED) is 0.419. The standard InChI is InChI=1S/C5H11NO3/c7-3-5(4-8)6-1-2-9-5/h6-8H,1-4H2. The molecular weight excluding hydrogens is 122 g/mol. The van der Waals surface area contributed by atoms with Gasteiger partial charge in [0.25, 0.3) is 0 Å². The van der Waals surface area contributed by atoms with Gasteiger partial charge in [-0.05, 0) is 0 Å². The number of rotatable bonds is 2. The minimum Gasteiger partial charge on any atom is -0.392 e. The molecule has 0 aromatic heterocycles. The topological polar surface area (TPSA) is 61.7 Å². The van der Waals surface area contributed by atoms with Gasteiger partial charge in [0.1, 0.15) is 0 Å². The molecule has 0 saturated carbocycles. The van der Waals surface area contributed by atoms with Gasteiger partial charge in [-0.3, -0.25) is 5.32 Å². The van der Waals surface area contributed by atoms with Gasteiger partial charge < -0.3 is 14.9 Å². The predicted octanol–water partition coefficient (Wildman–Crippen LogP) is -1.71. The van der Waals surface area contributed by atoms with Gasteiger partial charge >= 0.3 is 0 Å². The van der Waals surface area contributed by atoms with E-state index in [4.69, 9.17) is 14.9 Å². The van der Waals surface area contributed by atoms with Gasteiger partial charge in [0.15, 0.2) is 5.72 Å². The van der Waals surface area contributed by atoms with Gasteiger partial charge in [-0.2, -0.15) is 0 Å². The highest BCUT2D eigenvalue weighted by atomic mass is 16.5. The molecule has 1 rings (SSSR count). The number of hydrogen-bond acceptors (Lipinski definition) is 4. The van der Waals surface area contributed by atoms with Gasteiger partial charge in [0, 0.05) is 6.54 Å². The number of ether oxygens (including phenoxy) is 1. The first-order chi connectivity index (χ1) is 4.33. The Bertz CT molecular complexity index is 84.2. The summed E-state index contributed by atoms with van der Waals surface area (Å²) in [6, 6.07) is 0. The van der Waals surface area contributed by atoms with E-state index in [0.29, 0.717) is 13.2 Å². The van der Waals surface area contributed by atoms with Gasteiger partial charge in [0.05, 0.1) is 19.8 Å². The van der Waals surface area contributed by atoms with Crippen LogP contribution in [0, 0.1) is 0 Å². The monoisotopic (exact) mass is 133 g/mol. The van der Waals surface area contributed by atoms with Crippen molar-refractivity contribution in [2.24, 2.45) is 0 Å². The van der Waals surface area contributed by atoms with Gasteiger partial charge in [-0.15, -0.1) is 0 Å². The Balaban J connectivity index is 2.45. The summed E-state index contributed by atoms with van der Waals surface area (Å²) in [5.41, 5.74) is -0.861. The molecule has 0 spiro atoms. The molecule has 0 amide bonds. The van der Waals surface area contributed by atoms with E-state index in [1.165, 1.54) is 0 Å². The minimum atomic E-state index is -0.861. The molecule has 54 valence electrons. The molecule has 3 N–H and O–H groups in total. The zero-order chi connectivity index (χ0) is 6.74. The Hall–Kier alpha value is -0.160. The lowest BCUT2D eigenvalue weighted by molar-refractivity contribution is -0.0843. The molecule has 1 aliphatic heterocycles. The van der Waals surface area contributed by atoms with Crippen LogP contribution in [0.15, 0.2) is 0 Å². The molecule has 4 nitrogen and oxygen atoms in total. The highest BCUT2D eigenvalue weighted by Crippen LogP contribution is 2.09. The fourth-order valence-corrected chi connectivity index (χ4v) is 0.829. The molecule has 0 radical (unpaired) electrons. The number of aliphatic hydroxyl groups excluding tert-OH is 2. The molecular formula is C5H11NO3. The third-order valence-electron chi connectivity index (χ3n) is 1.44. The van der Waals surface area contributed by atoms with E-state index in [1.807, 2.05) is 0 Å². The molecule has 0 aromatic rings. The molecule has 0 bridgehead atoms. The molecule has 0 unspecified atom stereocenters. The third-order valence-corrected chi connectivity index (χ3v) is 1.44. The van der Waals surface area contributed by atoms with E-state index in [9.17, 15) is 0 Å². The zero-order valence-electron chi connectivity index (χ0n) is 5.13. The molecule has 4 heteroatoms. The SMILES string of the molecule is OCC1(CO)NCCO1. The number of hydrogen-bond donors (Lipinski definition) is 3. The van der Waals surface area contributed by atoms with Crippen molar-refractivity contribution in [2.45, 2.75) is 5.72 Å². The van der Waals surface area contributed by atoms with Crippen LogP contribution in [0.5, 0.6) is 0 Å². The highest BCUT2D eigenvalue weighted by Gasteiger charge is 2.32. The van der Waals surface area contributed by atoms with Crippen molar-refractivity contribution in [3.05, 3.63) is 0 Å². The Kier molecular flexibility index (Phi) is 2.02. The number of aliphatic hydroxyl groups is 2. The zero-order valence-corrected chi connectivity index (χ0v) is 5.13. The van der Waals surface area contributed by atoms with Crippen molar-refractivity contribution in [3.8, 4) is 0 Å². The average Bonchev–Trinajstić information content (AvgIpc) is 2.36. The normalized spacial score (nSPS) is 24.7. The lowest BCUT2D eigenvalue weighted by Crippen LogP contribution is -2.48. The van der Waals surface area contributed by atoms with Crippen molar-refractivity contribution in [1.82, 2.24) is 5.32 Å². The first-order valence-corrected chi connectivity index (χ1v) is 2.94. The summed E-state index contributed by atoms with van der Waals surface area (Å²) < 4.78 is 5.03. The summed E-state index contributed by atoms with van der Waals surface area (Å²) in [6.45, 7) is 0.898. The molecule has 1 fully saturated rings. The molecule has 1 heterocycles. The highest BCUT2D eigenvalue weighted by molar-refractivity contribution is 4.80. The lowest BCUT2D eigenvalue weighted by Gasteiger charge is -2.22.